The van der Waals surface area contributed by atoms with E-state index in [4.69, 9.17) is 0 Å². The van der Waals surface area contributed by atoms with Crippen molar-refractivity contribution >= 4 is 11.8 Å². The van der Waals surface area contributed by atoms with Crippen LogP contribution in [0.1, 0.15) is 13.3 Å². The third-order valence-corrected chi connectivity index (χ3v) is 1.33. The van der Waals surface area contributed by atoms with Crippen molar-refractivity contribution in [2.45, 2.75) is 13.3 Å². The Labute approximate surface area is 72.4 Å². The molecule has 0 aliphatic heterocycles. The molecule has 0 fully saturated rings. The van der Waals surface area contributed by atoms with Crippen molar-refractivity contribution in [3.8, 4) is 0 Å². The van der Waals surface area contributed by atoms with E-state index in [1.807, 2.05) is 6.92 Å². The summed E-state index contributed by atoms with van der Waals surface area (Å²) in [5.74, 6) is -0.747. The first-order valence-corrected chi connectivity index (χ1v) is 3.77. The van der Waals surface area contributed by atoms with Crippen molar-refractivity contribution in [1.29, 1.82) is 0 Å². The number of nitrogens with zero attached hydrogens (tertiary/aromatic N) is 1. The van der Waals surface area contributed by atoms with Gasteiger partial charge in [0.15, 0.2) is 0 Å². The molecular formula is C9H13NO2. The normalized spacial score (nSPS) is 8.75. The molecule has 3 nitrogen and oxygen atoms in total. The molecule has 0 aromatic rings. The Bertz CT molecular complexity index is 189. The first kappa shape index (κ1) is 10.6. The van der Waals surface area contributed by atoms with Crippen molar-refractivity contribution in [2.75, 3.05) is 6.54 Å². The van der Waals surface area contributed by atoms with Crippen LogP contribution in [-0.2, 0) is 9.59 Å². The summed E-state index contributed by atoms with van der Waals surface area (Å²) in [7, 11) is 0. The Morgan fingerprint density at radius 1 is 1.25 bits per heavy atom. The fourth-order valence-electron chi connectivity index (χ4n) is 0.773. The summed E-state index contributed by atoms with van der Waals surface area (Å²) in [6, 6.07) is 0. The number of carbonyl (C=O) groups excluding carboxylic acids is 2. The van der Waals surface area contributed by atoms with Gasteiger partial charge in [-0.15, -0.1) is 0 Å². The van der Waals surface area contributed by atoms with Crippen LogP contribution in [0, 0.1) is 0 Å². The van der Waals surface area contributed by atoms with Crippen LogP contribution < -0.4 is 0 Å². The van der Waals surface area contributed by atoms with Gasteiger partial charge in [-0.05, 0) is 18.6 Å². The molecule has 0 heterocycles. The van der Waals surface area contributed by atoms with E-state index in [-0.39, 0.29) is 11.8 Å². The zero-order valence-corrected chi connectivity index (χ0v) is 7.25. The van der Waals surface area contributed by atoms with Gasteiger partial charge in [0.2, 0.25) is 0 Å². The molecule has 0 unspecified atom stereocenters. The minimum absolute atomic E-state index is 0.373. The van der Waals surface area contributed by atoms with Crippen LogP contribution in [-0.4, -0.2) is 23.3 Å². The molecule has 0 bridgehead atoms. The van der Waals surface area contributed by atoms with Crippen molar-refractivity contribution in [3.05, 3.63) is 25.3 Å². The molecule has 0 aliphatic rings. The molecule has 0 spiro atoms. The standard InChI is InChI=1S/C9H13NO2/c1-4-7-10(8(11)5-2)9(12)6-3/h5-6H,2-4,7H2,1H3. The summed E-state index contributed by atoms with van der Waals surface area (Å²) in [5, 5.41) is 0. The smallest absolute Gasteiger partial charge is 0.252 e. The first-order chi connectivity index (χ1) is 5.67. The maximum absolute atomic E-state index is 11.0. The number of amides is 2. The van der Waals surface area contributed by atoms with Gasteiger partial charge in [-0.25, -0.2) is 0 Å². The van der Waals surface area contributed by atoms with Crippen LogP contribution in [0.2, 0.25) is 0 Å². The van der Waals surface area contributed by atoms with E-state index in [1.54, 1.807) is 0 Å². The topological polar surface area (TPSA) is 37.4 Å². The highest BCUT2D eigenvalue weighted by atomic mass is 16.2. The minimum atomic E-state index is -0.373. The fraction of sp³-hybridized carbons (Fsp3) is 0.333. The number of hydrogen-bond acceptors (Lipinski definition) is 2. The predicted octanol–water partition coefficient (Wildman–Crippen LogP) is 1.12. The third-order valence-electron chi connectivity index (χ3n) is 1.33. The zero-order chi connectivity index (χ0) is 9.56. The summed E-state index contributed by atoms with van der Waals surface area (Å²) in [6.07, 6.45) is 2.98. The van der Waals surface area contributed by atoms with Gasteiger partial charge in [-0.2, -0.15) is 0 Å². The van der Waals surface area contributed by atoms with Gasteiger partial charge in [-0.3, -0.25) is 14.5 Å². The SMILES string of the molecule is C=CC(=O)N(CCC)C(=O)C=C. The van der Waals surface area contributed by atoms with E-state index in [0.29, 0.717) is 6.54 Å². The Morgan fingerprint density at radius 2 is 1.67 bits per heavy atom. The van der Waals surface area contributed by atoms with Gasteiger partial charge >= 0.3 is 0 Å². The maximum atomic E-state index is 11.0. The fourth-order valence-corrected chi connectivity index (χ4v) is 0.773. The van der Waals surface area contributed by atoms with E-state index in [9.17, 15) is 9.59 Å². The summed E-state index contributed by atoms with van der Waals surface area (Å²) < 4.78 is 0. The highest BCUT2D eigenvalue weighted by molar-refractivity contribution is 6.04. The molecule has 3 heteroatoms. The van der Waals surface area contributed by atoms with Crippen LogP contribution in [0.5, 0.6) is 0 Å². The van der Waals surface area contributed by atoms with Crippen LogP contribution in [0.3, 0.4) is 0 Å². The lowest BCUT2D eigenvalue weighted by atomic mass is 10.3. The molecule has 0 rings (SSSR count). The lowest BCUT2D eigenvalue weighted by Crippen LogP contribution is -2.34. The Morgan fingerprint density at radius 3 is 1.92 bits per heavy atom. The highest BCUT2D eigenvalue weighted by Crippen LogP contribution is 1.95. The molecule has 0 saturated carbocycles. The molecular weight excluding hydrogens is 154 g/mol. The minimum Gasteiger partial charge on any atom is -0.275 e. The molecule has 0 saturated heterocycles. The zero-order valence-electron chi connectivity index (χ0n) is 7.25. The number of hydrogen-bond donors (Lipinski definition) is 0. The predicted molar refractivity (Wildman–Crippen MR) is 47.4 cm³/mol. The molecule has 2 amide bonds. The lowest BCUT2D eigenvalue weighted by molar-refractivity contribution is -0.138. The average Bonchev–Trinajstić information content (AvgIpc) is 2.11. The van der Waals surface area contributed by atoms with Crippen molar-refractivity contribution in [3.63, 3.8) is 0 Å². The van der Waals surface area contributed by atoms with Gasteiger partial charge in [0.1, 0.15) is 0 Å². The molecule has 12 heavy (non-hydrogen) atoms. The second kappa shape index (κ2) is 5.29. The first-order valence-electron chi connectivity index (χ1n) is 3.77. The summed E-state index contributed by atoms with van der Waals surface area (Å²) in [5.41, 5.74) is 0. The van der Waals surface area contributed by atoms with E-state index >= 15 is 0 Å². The highest BCUT2D eigenvalue weighted by Gasteiger charge is 2.14. The quantitative estimate of drug-likeness (QED) is 0.588. The summed E-state index contributed by atoms with van der Waals surface area (Å²) in [4.78, 5) is 23.2. The number of rotatable bonds is 4. The van der Waals surface area contributed by atoms with Crippen molar-refractivity contribution in [2.24, 2.45) is 0 Å². The van der Waals surface area contributed by atoms with E-state index in [0.717, 1.165) is 23.5 Å². The number of carbonyl (C=O) groups is 2. The third kappa shape index (κ3) is 2.70. The van der Waals surface area contributed by atoms with Crippen molar-refractivity contribution < 1.29 is 9.59 Å². The monoisotopic (exact) mass is 167 g/mol. The van der Waals surface area contributed by atoms with Crippen molar-refractivity contribution in [1.82, 2.24) is 4.90 Å². The molecule has 0 aromatic heterocycles. The molecule has 0 radical (unpaired) electrons. The lowest BCUT2D eigenvalue weighted by Gasteiger charge is -2.15. The molecule has 66 valence electrons. The van der Waals surface area contributed by atoms with Gasteiger partial charge in [0.25, 0.3) is 11.8 Å². The van der Waals surface area contributed by atoms with E-state index in [2.05, 4.69) is 13.2 Å². The van der Waals surface area contributed by atoms with E-state index < -0.39 is 0 Å². The summed E-state index contributed by atoms with van der Waals surface area (Å²) in [6.45, 7) is 8.91. The van der Waals surface area contributed by atoms with Crippen LogP contribution >= 0.6 is 0 Å². The Hall–Kier alpha value is -1.38. The van der Waals surface area contributed by atoms with Crippen LogP contribution in [0.15, 0.2) is 25.3 Å². The largest absolute Gasteiger partial charge is 0.275 e. The maximum Gasteiger partial charge on any atom is 0.252 e. The molecule has 0 aromatic carbocycles. The van der Waals surface area contributed by atoms with Crippen LogP contribution in [0.25, 0.3) is 0 Å². The molecule has 0 N–H and O–H groups in total. The molecule has 0 atom stereocenters. The van der Waals surface area contributed by atoms with Gasteiger partial charge in [0, 0.05) is 6.54 Å². The number of imide groups is 1. The summed E-state index contributed by atoms with van der Waals surface area (Å²) >= 11 is 0. The van der Waals surface area contributed by atoms with Gasteiger partial charge in [0.05, 0.1) is 0 Å². The second-order valence-electron chi connectivity index (χ2n) is 2.24. The van der Waals surface area contributed by atoms with Crippen LogP contribution in [0.4, 0.5) is 0 Å². The average molecular weight is 167 g/mol. The van der Waals surface area contributed by atoms with Gasteiger partial charge in [-0.1, -0.05) is 20.1 Å². The second-order valence-corrected chi connectivity index (χ2v) is 2.24. The Balaban J connectivity index is 4.41. The molecule has 0 aliphatic carbocycles. The van der Waals surface area contributed by atoms with Gasteiger partial charge < -0.3 is 0 Å². The van der Waals surface area contributed by atoms with E-state index in [1.165, 1.54) is 0 Å². The Kier molecular flexibility index (Phi) is 4.69.